The highest BCUT2D eigenvalue weighted by molar-refractivity contribution is 6.06. The zero-order valence-corrected chi connectivity index (χ0v) is 10.8. The molecule has 0 aromatic carbocycles. The lowest BCUT2D eigenvalue weighted by Crippen LogP contribution is -2.50. The zero-order chi connectivity index (χ0) is 12.9. The molecular weight excluding hydrogens is 218 g/mol. The summed E-state index contributed by atoms with van der Waals surface area (Å²) >= 11 is 0. The van der Waals surface area contributed by atoms with Crippen LogP contribution in [-0.2, 0) is 4.79 Å². The summed E-state index contributed by atoms with van der Waals surface area (Å²) < 4.78 is 0. The summed E-state index contributed by atoms with van der Waals surface area (Å²) in [5, 5.41) is 12.1. The lowest BCUT2D eigenvalue weighted by atomic mass is 9.78. The Morgan fingerprint density at radius 2 is 1.88 bits per heavy atom. The summed E-state index contributed by atoms with van der Waals surface area (Å²) in [7, 11) is 1.76. The van der Waals surface area contributed by atoms with E-state index in [4.69, 9.17) is 10.9 Å². The average Bonchev–Trinajstić information content (AvgIpc) is 2.62. The summed E-state index contributed by atoms with van der Waals surface area (Å²) in [5.41, 5.74) is 5.02. The lowest BCUT2D eigenvalue weighted by Gasteiger charge is -2.33. The molecule has 0 aromatic rings. The number of rotatable bonds is 3. The van der Waals surface area contributed by atoms with E-state index >= 15 is 0 Å². The maximum atomic E-state index is 12.5. The van der Waals surface area contributed by atoms with Gasteiger partial charge >= 0.3 is 0 Å². The summed E-state index contributed by atoms with van der Waals surface area (Å²) in [6.07, 6.45) is 5.52. The second-order valence-corrected chi connectivity index (χ2v) is 4.80. The highest BCUT2D eigenvalue weighted by Gasteiger charge is 2.44. The van der Waals surface area contributed by atoms with E-state index in [0.29, 0.717) is 19.4 Å². The van der Waals surface area contributed by atoms with Gasteiger partial charge in [0, 0.05) is 13.6 Å². The van der Waals surface area contributed by atoms with Gasteiger partial charge in [-0.1, -0.05) is 30.8 Å². The second-order valence-electron chi connectivity index (χ2n) is 4.80. The van der Waals surface area contributed by atoms with E-state index in [-0.39, 0.29) is 11.7 Å². The van der Waals surface area contributed by atoms with Crippen molar-refractivity contribution < 1.29 is 10.0 Å². The maximum absolute atomic E-state index is 12.5. The Balaban J connectivity index is 3.04. The van der Waals surface area contributed by atoms with Crippen LogP contribution in [-0.4, -0.2) is 35.4 Å². The van der Waals surface area contributed by atoms with Crippen molar-refractivity contribution in [1.82, 2.24) is 4.90 Å². The number of nitrogens with two attached hydrogens (primary N) is 1. The van der Waals surface area contributed by atoms with Crippen molar-refractivity contribution in [2.24, 2.45) is 16.3 Å². The molecule has 0 unspecified atom stereocenters. The van der Waals surface area contributed by atoms with Crippen LogP contribution in [0.15, 0.2) is 5.16 Å². The monoisotopic (exact) mass is 241 g/mol. The molecule has 1 fully saturated rings. The number of carbonyl (C=O) groups is 1. The van der Waals surface area contributed by atoms with Gasteiger partial charge in [0.1, 0.15) is 5.41 Å². The number of carbonyl (C=O) groups excluding carboxylic acids is 1. The fourth-order valence-corrected chi connectivity index (χ4v) is 2.52. The van der Waals surface area contributed by atoms with E-state index in [2.05, 4.69) is 5.16 Å². The van der Waals surface area contributed by atoms with Gasteiger partial charge in [-0.3, -0.25) is 4.79 Å². The normalized spacial score (nSPS) is 20.7. The third kappa shape index (κ3) is 2.70. The summed E-state index contributed by atoms with van der Waals surface area (Å²) in [4.78, 5) is 14.1. The van der Waals surface area contributed by atoms with Gasteiger partial charge in [0.15, 0.2) is 5.84 Å². The van der Waals surface area contributed by atoms with Gasteiger partial charge in [-0.05, 0) is 19.8 Å². The maximum Gasteiger partial charge on any atom is 0.236 e. The molecule has 5 heteroatoms. The standard InChI is InChI=1S/C12H23N3O2/c1-3-15(2)11(16)12(10(13)14-17)8-6-4-5-7-9-12/h17H,3-9H2,1-2H3,(H2,13,14). The molecule has 0 heterocycles. The van der Waals surface area contributed by atoms with Gasteiger partial charge in [-0.15, -0.1) is 0 Å². The van der Waals surface area contributed by atoms with Crippen molar-refractivity contribution in [3.05, 3.63) is 0 Å². The van der Waals surface area contributed by atoms with Crippen molar-refractivity contribution in [2.45, 2.75) is 45.4 Å². The van der Waals surface area contributed by atoms with E-state index < -0.39 is 5.41 Å². The van der Waals surface area contributed by atoms with Gasteiger partial charge in [-0.25, -0.2) is 0 Å². The predicted octanol–water partition coefficient (Wildman–Crippen LogP) is 1.55. The molecule has 0 saturated heterocycles. The predicted molar refractivity (Wildman–Crippen MR) is 66.9 cm³/mol. The second kappa shape index (κ2) is 5.89. The Bertz CT molecular complexity index is 294. The highest BCUT2D eigenvalue weighted by Crippen LogP contribution is 2.36. The van der Waals surface area contributed by atoms with Crippen molar-refractivity contribution in [1.29, 1.82) is 0 Å². The molecule has 1 rings (SSSR count). The first-order chi connectivity index (χ1) is 8.08. The molecule has 0 radical (unpaired) electrons. The lowest BCUT2D eigenvalue weighted by molar-refractivity contribution is -0.137. The van der Waals surface area contributed by atoms with Crippen LogP contribution in [0.25, 0.3) is 0 Å². The first-order valence-electron chi connectivity index (χ1n) is 6.32. The molecular formula is C12H23N3O2. The molecule has 0 aromatic heterocycles. The third-order valence-electron chi connectivity index (χ3n) is 3.79. The molecule has 0 aliphatic heterocycles. The average molecular weight is 241 g/mol. The van der Waals surface area contributed by atoms with Crippen LogP contribution >= 0.6 is 0 Å². The van der Waals surface area contributed by atoms with Gasteiger partial charge in [0.05, 0.1) is 0 Å². The fraction of sp³-hybridized carbons (Fsp3) is 0.833. The van der Waals surface area contributed by atoms with Crippen LogP contribution < -0.4 is 5.73 Å². The molecule has 1 saturated carbocycles. The summed E-state index contributed by atoms with van der Waals surface area (Å²) in [6, 6.07) is 0. The van der Waals surface area contributed by atoms with Crippen LogP contribution in [0.1, 0.15) is 45.4 Å². The number of hydrogen-bond donors (Lipinski definition) is 2. The van der Waals surface area contributed by atoms with Crippen LogP contribution in [0.5, 0.6) is 0 Å². The number of amidine groups is 1. The first kappa shape index (κ1) is 13.8. The quantitative estimate of drug-likeness (QED) is 0.259. The smallest absolute Gasteiger partial charge is 0.236 e. The molecule has 3 N–H and O–H groups in total. The van der Waals surface area contributed by atoms with Crippen molar-refractivity contribution in [3.8, 4) is 0 Å². The largest absolute Gasteiger partial charge is 0.409 e. The number of amides is 1. The van der Waals surface area contributed by atoms with E-state index in [1.807, 2.05) is 6.92 Å². The number of nitrogens with zero attached hydrogens (tertiary/aromatic N) is 2. The Morgan fingerprint density at radius 1 is 1.35 bits per heavy atom. The van der Waals surface area contributed by atoms with Crippen molar-refractivity contribution in [2.75, 3.05) is 13.6 Å². The van der Waals surface area contributed by atoms with Gasteiger partial charge in [0.2, 0.25) is 5.91 Å². The van der Waals surface area contributed by atoms with Gasteiger partial charge in [-0.2, -0.15) is 0 Å². The SMILES string of the molecule is CCN(C)C(=O)C1(C(N)=NO)CCCCCC1. The minimum absolute atomic E-state index is 0.0165. The Hall–Kier alpha value is -1.26. The van der Waals surface area contributed by atoms with Crippen LogP contribution in [0.2, 0.25) is 0 Å². The first-order valence-corrected chi connectivity index (χ1v) is 6.32. The van der Waals surface area contributed by atoms with Crippen LogP contribution in [0, 0.1) is 5.41 Å². The molecule has 1 aliphatic rings. The Morgan fingerprint density at radius 3 is 2.29 bits per heavy atom. The minimum Gasteiger partial charge on any atom is -0.409 e. The molecule has 17 heavy (non-hydrogen) atoms. The molecule has 0 spiro atoms. The fourth-order valence-electron chi connectivity index (χ4n) is 2.52. The van der Waals surface area contributed by atoms with E-state index in [0.717, 1.165) is 25.7 Å². The van der Waals surface area contributed by atoms with Gasteiger partial charge < -0.3 is 15.8 Å². The minimum atomic E-state index is -0.782. The molecule has 0 atom stereocenters. The zero-order valence-electron chi connectivity index (χ0n) is 10.8. The van der Waals surface area contributed by atoms with E-state index in [1.165, 1.54) is 0 Å². The van der Waals surface area contributed by atoms with E-state index in [9.17, 15) is 4.79 Å². The molecule has 1 amide bonds. The molecule has 0 bridgehead atoms. The number of hydrogen-bond acceptors (Lipinski definition) is 3. The van der Waals surface area contributed by atoms with Crippen LogP contribution in [0.3, 0.4) is 0 Å². The summed E-state index contributed by atoms with van der Waals surface area (Å²) in [5.74, 6) is 0.0573. The molecule has 5 nitrogen and oxygen atoms in total. The Labute approximate surface area is 103 Å². The van der Waals surface area contributed by atoms with Gasteiger partial charge in [0.25, 0.3) is 0 Å². The third-order valence-corrected chi connectivity index (χ3v) is 3.79. The molecule has 1 aliphatic carbocycles. The molecule has 98 valence electrons. The van der Waals surface area contributed by atoms with E-state index in [1.54, 1.807) is 11.9 Å². The van der Waals surface area contributed by atoms with Crippen molar-refractivity contribution in [3.63, 3.8) is 0 Å². The highest BCUT2D eigenvalue weighted by atomic mass is 16.4. The topological polar surface area (TPSA) is 78.9 Å². The van der Waals surface area contributed by atoms with Crippen LogP contribution in [0.4, 0.5) is 0 Å². The Kier molecular flexibility index (Phi) is 4.78. The number of oxime groups is 1. The summed E-state index contributed by atoms with van der Waals surface area (Å²) in [6.45, 7) is 2.56. The van der Waals surface area contributed by atoms with Crippen molar-refractivity contribution >= 4 is 11.7 Å².